The maximum Gasteiger partial charge on any atom is 0.264 e. The molecule has 1 amide bonds. The van der Waals surface area contributed by atoms with E-state index in [2.05, 4.69) is 31.1 Å². The fraction of sp³-hybridized carbons (Fsp3) is 0.316. The van der Waals surface area contributed by atoms with Crippen molar-refractivity contribution in [3.63, 3.8) is 0 Å². The van der Waals surface area contributed by atoms with Gasteiger partial charge in [-0.05, 0) is 31.0 Å². The van der Waals surface area contributed by atoms with Crippen molar-refractivity contribution in [2.45, 2.75) is 37.3 Å². The lowest BCUT2D eigenvalue weighted by molar-refractivity contribution is -0.0555. The number of hydrogen-bond donors (Lipinski definition) is 6. The number of alkyl halides is 2. The third kappa shape index (κ3) is 5.48. The Hall–Kier alpha value is -3.67. The summed E-state index contributed by atoms with van der Waals surface area (Å²) in [4.78, 5) is 20.1. The van der Waals surface area contributed by atoms with Crippen LogP contribution < -0.4 is 27.5 Å². The second-order valence-corrected chi connectivity index (χ2v) is 7.01. The van der Waals surface area contributed by atoms with Gasteiger partial charge in [-0.2, -0.15) is 10.1 Å². The average molecular weight is 431 g/mol. The average Bonchev–Trinajstić information content (AvgIpc) is 2.72. The molecule has 1 saturated carbocycles. The highest BCUT2D eigenvalue weighted by Gasteiger charge is 2.44. The molecule has 1 fully saturated rings. The van der Waals surface area contributed by atoms with Crippen LogP contribution in [0.4, 0.5) is 31.9 Å². The van der Waals surface area contributed by atoms with Crippen LogP contribution in [0.1, 0.15) is 29.6 Å². The van der Waals surface area contributed by atoms with Crippen molar-refractivity contribution in [1.29, 1.82) is 5.41 Å². The number of carbonyl (C=O) groups is 1. The molecule has 0 spiro atoms. The number of aromatic nitrogens is 2. The van der Waals surface area contributed by atoms with Crippen molar-refractivity contribution in [3.8, 4) is 0 Å². The quantitative estimate of drug-likeness (QED) is 0.275. The van der Waals surface area contributed by atoms with Crippen molar-refractivity contribution < 1.29 is 13.6 Å². The van der Waals surface area contributed by atoms with Crippen molar-refractivity contribution in [2.24, 2.45) is 16.6 Å². The maximum atomic E-state index is 13.9. The highest BCUT2D eigenvalue weighted by atomic mass is 19.3. The summed E-state index contributed by atoms with van der Waals surface area (Å²) in [6.45, 7) is 0. The smallest absolute Gasteiger partial charge is 0.264 e. The first-order valence-corrected chi connectivity index (χ1v) is 9.52. The van der Waals surface area contributed by atoms with Crippen LogP contribution in [-0.4, -0.2) is 46.3 Å². The molecule has 1 aliphatic rings. The Bertz CT molecular complexity index is 983. The predicted octanol–water partition coefficient (Wildman–Crippen LogP) is 2.29. The molecule has 2 aromatic rings. The molecule has 1 aliphatic carbocycles. The molecule has 10 nitrogen and oxygen atoms in total. The minimum absolute atomic E-state index is 0.0315. The Morgan fingerprint density at radius 2 is 2.13 bits per heavy atom. The molecule has 0 aliphatic heterocycles. The number of nitrogens with zero attached hydrogens (tertiary/aromatic N) is 3. The summed E-state index contributed by atoms with van der Waals surface area (Å²) < 4.78 is 27.9. The van der Waals surface area contributed by atoms with Gasteiger partial charge in [0.2, 0.25) is 5.95 Å². The Morgan fingerprint density at radius 3 is 2.87 bits per heavy atom. The van der Waals surface area contributed by atoms with Crippen LogP contribution in [0.15, 0.2) is 35.6 Å². The first kappa shape index (κ1) is 22.0. The Balaban J connectivity index is 1.82. The summed E-state index contributed by atoms with van der Waals surface area (Å²) in [6, 6.07) is 4.82. The first-order chi connectivity index (χ1) is 14.8. The SMILES string of the molecule is N=C/C=N/Nc1cccc(Nc2nc(N[C@@H]3CCCC(F)(F)[C@@H]3N)ncc2C(N)=O)c1. The number of primary amides is 1. The second-order valence-electron chi connectivity index (χ2n) is 7.01. The lowest BCUT2D eigenvalue weighted by atomic mass is 9.87. The molecule has 31 heavy (non-hydrogen) atoms. The number of halogens is 2. The number of rotatable bonds is 8. The van der Waals surface area contributed by atoms with E-state index >= 15 is 0 Å². The lowest BCUT2D eigenvalue weighted by Gasteiger charge is -2.35. The van der Waals surface area contributed by atoms with E-state index in [-0.39, 0.29) is 23.8 Å². The molecule has 8 N–H and O–H groups in total. The molecule has 1 aromatic carbocycles. The molecule has 0 unspecified atom stereocenters. The zero-order chi connectivity index (χ0) is 22.4. The molecule has 1 heterocycles. The standard InChI is InChI=1S/C19H23F2N9O/c20-19(21)6-2-5-14(15(19)23)28-18-25-10-13(16(24)31)17(29-18)27-11-3-1-4-12(9-11)30-26-8-7-22/h1,3-4,7-10,14-15,22,30H,2,5-6,23H2,(H2,24,31)(H2,25,27,28,29)/b22-7?,26-8+/t14-,15-/m1/s1. The van der Waals surface area contributed by atoms with Crippen molar-refractivity contribution >= 4 is 41.5 Å². The molecular formula is C19H23F2N9O. The number of anilines is 4. The first-order valence-electron chi connectivity index (χ1n) is 9.52. The van der Waals surface area contributed by atoms with Gasteiger partial charge >= 0.3 is 0 Å². The minimum Gasteiger partial charge on any atom is -0.365 e. The molecule has 2 atom stereocenters. The van der Waals surface area contributed by atoms with Gasteiger partial charge in [0.05, 0.1) is 24.0 Å². The number of benzene rings is 1. The van der Waals surface area contributed by atoms with Gasteiger partial charge in [0.15, 0.2) is 0 Å². The zero-order valence-electron chi connectivity index (χ0n) is 16.5. The maximum absolute atomic E-state index is 13.9. The molecule has 0 saturated heterocycles. The summed E-state index contributed by atoms with van der Waals surface area (Å²) in [7, 11) is 0. The summed E-state index contributed by atoms with van der Waals surface area (Å²) in [5.41, 5.74) is 15.1. The third-order valence-corrected chi connectivity index (χ3v) is 4.78. The van der Waals surface area contributed by atoms with E-state index in [0.29, 0.717) is 24.2 Å². The zero-order valence-corrected chi connectivity index (χ0v) is 16.5. The van der Waals surface area contributed by atoms with E-state index in [1.165, 1.54) is 12.4 Å². The van der Waals surface area contributed by atoms with E-state index in [0.717, 1.165) is 6.21 Å². The van der Waals surface area contributed by atoms with E-state index in [9.17, 15) is 13.6 Å². The van der Waals surface area contributed by atoms with Crippen LogP contribution >= 0.6 is 0 Å². The highest BCUT2D eigenvalue weighted by molar-refractivity contribution is 6.14. The fourth-order valence-corrected chi connectivity index (χ4v) is 3.21. The van der Waals surface area contributed by atoms with Gasteiger partial charge in [-0.25, -0.2) is 13.8 Å². The third-order valence-electron chi connectivity index (χ3n) is 4.78. The molecule has 12 heteroatoms. The normalized spacial score (nSPS) is 20.2. The van der Waals surface area contributed by atoms with Gasteiger partial charge in [-0.3, -0.25) is 10.2 Å². The van der Waals surface area contributed by atoms with Crippen LogP contribution in [0, 0.1) is 5.41 Å². The summed E-state index contributed by atoms with van der Waals surface area (Å²) in [6.07, 6.45) is 4.04. The molecule has 0 radical (unpaired) electrons. The van der Waals surface area contributed by atoms with Gasteiger partial charge in [0.1, 0.15) is 11.4 Å². The largest absolute Gasteiger partial charge is 0.365 e. The Labute approximate surface area is 177 Å². The van der Waals surface area contributed by atoms with Gasteiger partial charge in [-0.1, -0.05) is 6.07 Å². The van der Waals surface area contributed by atoms with Crippen LogP contribution in [0.25, 0.3) is 0 Å². The van der Waals surface area contributed by atoms with E-state index in [4.69, 9.17) is 16.9 Å². The van der Waals surface area contributed by atoms with Gasteiger partial charge in [-0.15, -0.1) is 0 Å². The summed E-state index contributed by atoms with van der Waals surface area (Å²) in [5.74, 6) is -3.56. The molecule has 1 aromatic heterocycles. The molecule has 0 bridgehead atoms. The number of hydrogen-bond acceptors (Lipinski definition) is 9. The topological polar surface area (TPSA) is 167 Å². The Morgan fingerprint density at radius 1 is 1.35 bits per heavy atom. The van der Waals surface area contributed by atoms with Crippen LogP contribution in [0.2, 0.25) is 0 Å². The number of carbonyl (C=O) groups excluding carboxylic acids is 1. The van der Waals surface area contributed by atoms with E-state index in [1.807, 2.05) is 0 Å². The summed E-state index contributed by atoms with van der Waals surface area (Å²) >= 11 is 0. The molecule has 164 valence electrons. The number of nitrogens with one attached hydrogen (secondary N) is 4. The number of amides is 1. The molecular weight excluding hydrogens is 408 g/mol. The van der Waals surface area contributed by atoms with E-state index < -0.39 is 23.9 Å². The van der Waals surface area contributed by atoms with Crippen molar-refractivity contribution in [3.05, 3.63) is 36.0 Å². The predicted molar refractivity (Wildman–Crippen MR) is 115 cm³/mol. The fourth-order valence-electron chi connectivity index (χ4n) is 3.21. The molecule has 3 rings (SSSR count). The van der Waals surface area contributed by atoms with Gasteiger partial charge in [0.25, 0.3) is 11.8 Å². The lowest BCUT2D eigenvalue weighted by Crippen LogP contribution is -2.55. The highest BCUT2D eigenvalue weighted by Crippen LogP contribution is 2.33. The summed E-state index contributed by atoms with van der Waals surface area (Å²) in [5, 5.41) is 16.6. The second kappa shape index (κ2) is 9.43. The van der Waals surface area contributed by atoms with Crippen LogP contribution in [-0.2, 0) is 0 Å². The van der Waals surface area contributed by atoms with Crippen LogP contribution in [0.5, 0.6) is 0 Å². The monoisotopic (exact) mass is 431 g/mol. The number of hydrazone groups is 1. The van der Waals surface area contributed by atoms with Crippen molar-refractivity contribution in [2.75, 3.05) is 16.1 Å². The van der Waals surface area contributed by atoms with Crippen molar-refractivity contribution in [1.82, 2.24) is 9.97 Å². The van der Waals surface area contributed by atoms with Crippen LogP contribution in [0.3, 0.4) is 0 Å². The minimum atomic E-state index is -2.97. The van der Waals surface area contributed by atoms with Gasteiger partial charge in [0, 0.05) is 24.5 Å². The van der Waals surface area contributed by atoms with E-state index in [1.54, 1.807) is 24.3 Å². The van der Waals surface area contributed by atoms with Gasteiger partial charge < -0.3 is 27.5 Å². The number of nitrogens with two attached hydrogens (primary N) is 2. The Kier molecular flexibility index (Phi) is 6.70.